The van der Waals surface area contributed by atoms with E-state index in [2.05, 4.69) is 0 Å². The molecule has 0 bridgehead atoms. The zero-order valence-corrected chi connectivity index (χ0v) is 10.2. The summed E-state index contributed by atoms with van der Waals surface area (Å²) in [6.45, 7) is -0.0210. The lowest BCUT2D eigenvalue weighted by molar-refractivity contribution is -0.0944. The summed E-state index contributed by atoms with van der Waals surface area (Å²) in [5.41, 5.74) is -0.710. The second-order valence-corrected chi connectivity index (χ2v) is 4.39. The van der Waals surface area contributed by atoms with Gasteiger partial charge in [0.1, 0.15) is 5.82 Å². The lowest BCUT2D eigenvalue weighted by Crippen LogP contribution is -2.32. The van der Waals surface area contributed by atoms with Gasteiger partial charge in [0.25, 0.3) is 0 Å². The summed E-state index contributed by atoms with van der Waals surface area (Å²) in [6.07, 6.45) is -3.55. The first-order valence-electron chi connectivity index (χ1n) is 5.83. The third-order valence-electron chi connectivity index (χ3n) is 3.11. The van der Waals surface area contributed by atoms with E-state index >= 15 is 0 Å². The van der Waals surface area contributed by atoms with E-state index in [0.717, 1.165) is 12.1 Å². The summed E-state index contributed by atoms with van der Waals surface area (Å²) in [7, 11) is 0. The first kappa shape index (κ1) is 14.4. The highest BCUT2D eigenvalue weighted by Crippen LogP contribution is 2.32. The van der Waals surface area contributed by atoms with Crippen LogP contribution < -0.4 is 4.90 Å². The van der Waals surface area contributed by atoms with Crippen LogP contribution in [0, 0.1) is 5.82 Å². The van der Waals surface area contributed by atoms with Crippen molar-refractivity contribution in [2.24, 2.45) is 0 Å². The highest BCUT2D eigenvalue weighted by molar-refractivity contribution is 5.88. The van der Waals surface area contributed by atoms with Gasteiger partial charge in [-0.3, -0.25) is 0 Å². The number of alkyl halides is 3. The van der Waals surface area contributed by atoms with Crippen LogP contribution in [0.1, 0.15) is 16.8 Å². The van der Waals surface area contributed by atoms with Gasteiger partial charge in [0.15, 0.2) is 0 Å². The van der Waals surface area contributed by atoms with Crippen LogP contribution in [0.4, 0.5) is 23.2 Å². The van der Waals surface area contributed by atoms with Crippen LogP contribution >= 0.6 is 0 Å². The quantitative estimate of drug-likeness (QED) is 0.671. The molecule has 1 heterocycles. The molecule has 1 aliphatic heterocycles. The van der Waals surface area contributed by atoms with Gasteiger partial charge < -0.3 is 10.0 Å². The maximum absolute atomic E-state index is 13.8. The van der Waals surface area contributed by atoms with Gasteiger partial charge in [-0.1, -0.05) is 6.08 Å². The first-order chi connectivity index (χ1) is 9.29. The highest BCUT2D eigenvalue weighted by atomic mass is 19.4. The molecule has 20 heavy (non-hydrogen) atoms. The van der Waals surface area contributed by atoms with Crippen molar-refractivity contribution in [3.8, 4) is 0 Å². The van der Waals surface area contributed by atoms with Crippen LogP contribution in [0.3, 0.4) is 0 Å². The average Bonchev–Trinajstić information content (AvgIpc) is 2.37. The summed E-state index contributed by atoms with van der Waals surface area (Å²) in [5, 5.41) is 8.72. The molecular weight excluding hydrogens is 278 g/mol. The first-order valence-corrected chi connectivity index (χ1v) is 5.83. The van der Waals surface area contributed by atoms with Crippen molar-refractivity contribution in [2.45, 2.75) is 12.6 Å². The molecule has 2 rings (SSSR count). The fraction of sp³-hybridized carbons (Fsp3) is 0.308. The normalized spacial score (nSPS) is 16.0. The summed E-state index contributed by atoms with van der Waals surface area (Å²) in [5.74, 6) is -2.01. The van der Waals surface area contributed by atoms with Crippen LogP contribution in [0.25, 0.3) is 0 Å². The van der Waals surface area contributed by atoms with Gasteiger partial charge >= 0.3 is 12.1 Å². The standard InChI is InChI=1S/C13H11F4NO2/c14-10-7-8(12(19)20)1-2-11(10)18-5-3-9(4-6-18)13(15,16)17/h1-3,7H,4-6H2,(H,19,20). The molecule has 0 fully saturated rings. The summed E-state index contributed by atoms with van der Waals surface area (Å²) in [4.78, 5) is 12.1. The van der Waals surface area contributed by atoms with E-state index in [9.17, 15) is 22.4 Å². The van der Waals surface area contributed by atoms with Gasteiger partial charge in [-0.25, -0.2) is 9.18 Å². The Morgan fingerprint density at radius 3 is 2.45 bits per heavy atom. The summed E-state index contributed by atoms with van der Waals surface area (Å²) >= 11 is 0. The Labute approximate surface area is 112 Å². The Morgan fingerprint density at radius 2 is 2.00 bits per heavy atom. The van der Waals surface area contributed by atoms with Crippen LogP contribution in [-0.2, 0) is 0 Å². The molecule has 3 nitrogen and oxygen atoms in total. The molecule has 7 heteroatoms. The molecule has 0 aliphatic carbocycles. The number of carboxylic acid groups (broad SMARTS) is 1. The smallest absolute Gasteiger partial charge is 0.412 e. The number of rotatable bonds is 2. The zero-order valence-electron chi connectivity index (χ0n) is 10.2. The number of carboxylic acids is 1. The molecule has 0 saturated carbocycles. The second-order valence-electron chi connectivity index (χ2n) is 4.39. The van der Waals surface area contributed by atoms with Gasteiger partial charge in [0, 0.05) is 18.7 Å². The van der Waals surface area contributed by atoms with Crippen molar-refractivity contribution in [1.82, 2.24) is 0 Å². The van der Waals surface area contributed by atoms with E-state index in [0.29, 0.717) is 0 Å². The number of hydrogen-bond acceptors (Lipinski definition) is 2. The molecule has 0 amide bonds. The lowest BCUT2D eigenvalue weighted by Gasteiger charge is -2.29. The van der Waals surface area contributed by atoms with Crippen molar-refractivity contribution in [3.05, 3.63) is 41.2 Å². The average molecular weight is 289 g/mol. The fourth-order valence-electron chi connectivity index (χ4n) is 2.04. The van der Waals surface area contributed by atoms with E-state index in [4.69, 9.17) is 5.11 Å². The number of aromatic carboxylic acids is 1. The maximum Gasteiger partial charge on any atom is 0.412 e. The molecule has 0 radical (unpaired) electrons. The third-order valence-corrected chi connectivity index (χ3v) is 3.11. The molecule has 1 aromatic carbocycles. The molecule has 0 aromatic heterocycles. The molecule has 1 N–H and O–H groups in total. The van der Waals surface area contributed by atoms with Crippen molar-refractivity contribution in [1.29, 1.82) is 0 Å². The molecule has 0 saturated heterocycles. The number of benzene rings is 1. The predicted molar refractivity (Wildman–Crippen MR) is 64.3 cm³/mol. The topological polar surface area (TPSA) is 40.5 Å². The zero-order chi connectivity index (χ0) is 14.9. The van der Waals surface area contributed by atoms with Gasteiger partial charge in [0.2, 0.25) is 0 Å². The summed E-state index contributed by atoms with van der Waals surface area (Å²) < 4.78 is 51.2. The van der Waals surface area contributed by atoms with Gasteiger partial charge in [-0.15, -0.1) is 0 Å². The molecular formula is C13H11F4NO2. The Balaban J connectivity index is 2.19. The Hall–Kier alpha value is -2.05. The maximum atomic E-state index is 13.8. The molecule has 0 atom stereocenters. The number of anilines is 1. The largest absolute Gasteiger partial charge is 0.478 e. The number of halogens is 4. The molecule has 0 unspecified atom stereocenters. The van der Waals surface area contributed by atoms with Crippen molar-refractivity contribution >= 4 is 11.7 Å². The van der Waals surface area contributed by atoms with Crippen molar-refractivity contribution < 1.29 is 27.5 Å². The van der Waals surface area contributed by atoms with Gasteiger partial charge in [-0.05, 0) is 24.6 Å². The van der Waals surface area contributed by atoms with Crippen LogP contribution in [0.15, 0.2) is 29.8 Å². The molecule has 1 aromatic rings. The minimum atomic E-state index is -4.35. The van der Waals surface area contributed by atoms with E-state index in [1.165, 1.54) is 17.0 Å². The Kier molecular flexibility index (Phi) is 3.69. The number of carbonyl (C=O) groups is 1. The van der Waals surface area contributed by atoms with Crippen LogP contribution in [0.5, 0.6) is 0 Å². The van der Waals surface area contributed by atoms with E-state index < -0.39 is 23.5 Å². The second kappa shape index (κ2) is 5.15. The number of nitrogens with zero attached hydrogens (tertiary/aromatic N) is 1. The van der Waals surface area contributed by atoms with E-state index in [-0.39, 0.29) is 30.8 Å². The predicted octanol–water partition coefficient (Wildman–Crippen LogP) is 3.22. The van der Waals surface area contributed by atoms with Gasteiger partial charge in [0.05, 0.1) is 11.3 Å². The fourth-order valence-corrected chi connectivity index (χ4v) is 2.04. The van der Waals surface area contributed by atoms with Crippen LogP contribution in [-0.4, -0.2) is 30.3 Å². The minimum absolute atomic E-state index is 0.0364. The van der Waals surface area contributed by atoms with Gasteiger partial charge in [-0.2, -0.15) is 13.2 Å². The van der Waals surface area contributed by atoms with E-state index in [1.54, 1.807) is 0 Å². The third kappa shape index (κ3) is 2.92. The minimum Gasteiger partial charge on any atom is -0.478 e. The Bertz CT molecular complexity index is 566. The Morgan fingerprint density at radius 1 is 1.30 bits per heavy atom. The lowest BCUT2D eigenvalue weighted by atomic mass is 10.1. The number of hydrogen-bond donors (Lipinski definition) is 1. The van der Waals surface area contributed by atoms with Crippen molar-refractivity contribution in [3.63, 3.8) is 0 Å². The molecule has 0 spiro atoms. The van der Waals surface area contributed by atoms with Crippen LogP contribution in [0.2, 0.25) is 0 Å². The SMILES string of the molecule is O=C(O)c1ccc(N2CC=C(C(F)(F)F)CC2)c(F)c1. The molecule has 108 valence electrons. The van der Waals surface area contributed by atoms with E-state index in [1.807, 2.05) is 0 Å². The monoisotopic (exact) mass is 289 g/mol. The van der Waals surface area contributed by atoms with Crippen molar-refractivity contribution in [2.75, 3.05) is 18.0 Å². The molecule has 1 aliphatic rings. The summed E-state index contributed by atoms with van der Waals surface area (Å²) in [6, 6.07) is 3.36. The highest BCUT2D eigenvalue weighted by Gasteiger charge is 2.35.